The molecule has 5 N–H and O–H groups in total. The molecule has 0 aliphatic rings. The van der Waals surface area contributed by atoms with Gasteiger partial charge in [0.25, 0.3) is 0 Å². The molecule has 0 aliphatic heterocycles. The minimum atomic E-state index is -0.221. The molecule has 1 atom stereocenters. The molecule has 0 amide bonds. The highest BCUT2D eigenvalue weighted by Crippen LogP contribution is 2.28. The average Bonchev–Trinajstić information content (AvgIpc) is 2.42. The largest absolute Gasteiger partial charge is 0.504 e. The highest BCUT2D eigenvalue weighted by molar-refractivity contribution is 5.59. The highest BCUT2D eigenvalue weighted by atomic mass is 16.3. The number of hydrogen-bond acceptors (Lipinski definition) is 7. The first kappa shape index (κ1) is 14.8. The van der Waals surface area contributed by atoms with Gasteiger partial charge in [0, 0.05) is 17.7 Å². The summed E-state index contributed by atoms with van der Waals surface area (Å²) >= 11 is 0. The summed E-state index contributed by atoms with van der Waals surface area (Å²) in [5, 5.41) is 21.7. The SMILES string of the molecule is CCCC(C)c1nc(N)nc(Nc2ccc(O)c(O)c2)n1. The van der Waals surface area contributed by atoms with Crippen molar-refractivity contribution in [2.24, 2.45) is 0 Å². The molecule has 112 valence electrons. The van der Waals surface area contributed by atoms with Crippen LogP contribution >= 0.6 is 0 Å². The van der Waals surface area contributed by atoms with Crippen molar-refractivity contribution in [3.8, 4) is 11.5 Å². The Hall–Kier alpha value is -2.57. The molecule has 7 heteroatoms. The van der Waals surface area contributed by atoms with Crippen molar-refractivity contribution in [1.82, 2.24) is 15.0 Å². The van der Waals surface area contributed by atoms with Crippen LogP contribution in [0.2, 0.25) is 0 Å². The molecule has 0 radical (unpaired) electrons. The normalized spacial score (nSPS) is 12.1. The molecular formula is C14H19N5O2. The van der Waals surface area contributed by atoms with Crippen molar-refractivity contribution < 1.29 is 10.2 Å². The van der Waals surface area contributed by atoms with E-state index in [4.69, 9.17) is 5.73 Å². The van der Waals surface area contributed by atoms with Gasteiger partial charge in [0.1, 0.15) is 5.82 Å². The number of nitrogen functional groups attached to an aromatic ring is 1. The Morgan fingerprint density at radius 2 is 1.95 bits per heavy atom. The monoisotopic (exact) mass is 289 g/mol. The fraction of sp³-hybridized carbons (Fsp3) is 0.357. The first-order valence-electron chi connectivity index (χ1n) is 6.80. The fourth-order valence-electron chi connectivity index (χ4n) is 1.98. The summed E-state index contributed by atoms with van der Waals surface area (Å²) < 4.78 is 0. The van der Waals surface area contributed by atoms with Crippen molar-refractivity contribution in [3.05, 3.63) is 24.0 Å². The lowest BCUT2D eigenvalue weighted by Gasteiger charge is -2.11. The molecular weight excluding hydrogens is 270 g/mol. The molecule has 0 spiro atoms. The minimum Gasteiger partial charge on any atom is -0.504 e. The Kier molecular flexibility index (Phi) is 4.42. The van der Waals surface area contributed by atoms with Crippen molar-refractivity contribution >= 4 is 17.6 Å². The lowest BCUT2D eigenvalue weighted by molar-refractivity contribution is 0.404. The van der Waals surface area contributed by atoms with Gasteiger partial charge in [-0.15, -0.1) is 0 Å². The average molecular weight is 289 g/mol. The molecule has 0 saturated heterocycles. The molecule has 2 rings (SSSR count). The molecule has 2 aromatic rings. The van der Waals surface area contributed by atoms with Crippen LogP contribution in [-0.4, -0.2) is 25.2 Å². The van der Waals surface area contributed by atoms with Crippen LogP contribution in [0.5, 0.6) is 11.5 Å². The Morgan fingerprint density at radius 1 is 1.19 bits per heavy atom. The first-order chi connectivity index (χ1) is 9.99. The van der Waals surface area contributed by atoms with Crippen LogP contribution in [0.1, 0.15) is 38.4 Å². The lowest BCUT2D eigenvalue weighted by Crippen LogP contribution is -2.09. The standard InChI is InChI=1S/C14H19N5O2/c1-3-4-8(2)12-17-13(15)19-14(18-12)16-9-5-6-10(20)11(21)7-9/h5-8,20-21H,3-4H2,1-2H3,(H3,15,16,17,18,19). The van der Waals surface area contributed by atoms with Crippen LogP contribution in [-0.2, 0) is 0 Å². The topological polar surface area (TPSA) is 117 Å². The number of nitrogens with one attached hydrogen (secondary N) is 1. The predicted octanol–water partition coefficient (Wildman–Crippen LogP) is 2.51. The van der Waals surface area contributed by atoms with Crippen molar-refractivity contribution in [3.63, 3.8) is 0 Å². The summed E-state index contributed by atoms with van der Waals surface area (Å²) in [6.45, 7) is 4.13. The van der Waals surface area contributed by atoms with Crippen LogP contribution in [0.3, 0.4) is 0 Å². The molecule has 21 heavy (non-hydrogen) atoms. The smallest absolute Gasteiger partial charge is 0.232 e. The molecule has 1 aromatic heterocycles. The number of phenols is 2. The number of nitrogens with zero attached hydrogens (tertiary/aromatic N) is 3. The summed E-state index contributed by atoms with van der Waals surface area (Å²) in [4.78, 5) is 12.5. The van der Waals surface area contributed by atoms with Crippen LogP contribution in [0.15, 0.2) is 18.2 Å². The third-order valence-corrected chi connectivity index (χ3v) is 3.06. The van der Waals surface area contributed by atoms with Gasteiger partial charge in [-0.1, -0.05) is 20.3 Å². The van der Waals surface area contributed by atoms with E-state index in [2.05, 4.69) is 27.2 Å². The van der Waals surface area contributed by atoms with Gasteiger partial charge >= 0.3 is 0 Å². The second-order valence-corrected chi connectivity index (χ2v) is 4.89. The summed E-state index contributed by atoms with van der Waals surface area (Å²) in [6, 6.07) is 4.36. The van der Waals surface area contributed by atoms with Gasteiger partial charge in [-0.2, -0.15) is 15.0 Å². The Morgan fingerprint density at radius 3 is 2.62 bits per heavy atom. The van der Waals surface area contributed by atoms with Gasteiger partial charge < -0.3 is 21.3 Å². The number of hydrogen-bond donors (Lipinski definition) is 4. The van der Waals surface area contributed by atoms with Gasteiger partial charge in [-0.3, -0.25) is 0 Å². The molecule has 1 unspecified atom stereocenters. The Balaban J connectivity index is 2.25. The molecule has 0 saturated carbocycles. The number of aromatic hydroxyl groups is 2. The van der Waals surface area contributed by atoms with Crippen molar-refractivity contribution in [1.29, 1.82) is 0 Å². The minimum absolute atomic E-state index is 0.147. The third kappa shape index (κ3) is 3.71. The van der Waals surface area contributed by atoms with E-state index in [0.717, 1.165) is 12.8 Å². The third-order valence-electron chi connectivity index (χ3n) is 3.06. The van der Waals surface area contributed by atoms with Crippen LogP contribution < -0.4 is 11.1 Å². The number of rotatable bonds is 5. The summed E-state index contributed by atoms with van der Waals surface area (Å²) in [5.41, 5.74) is 6.26. The van der Waals surface area contributed by atoms with E-state index in [1.807, 2.05) is 6.92 Å². The van der Waals surface area contributed by atoms with E-state index >= 15 is 0 Å². The first-order valence-corrected chi connectivity index (χ1v) is 6.80. The number of aromatic nitrogens is 3. The van der Waals surface area contributed by atoms with Gasteiger partial charge in [-0.25, -0.2) is 0 Å². The summed E-state index contributed by atoms with van der Waals surface area (Å²) in [5.74, 6) is 0.873. The quantitative estimate of drug-likeness (QED) is 0.493. The van der Waals surface area contributed by atoms with Crippen LogP contribution in [0.4, 0.5) is 17.6 Å². The summed E-state index contributed by atoms with van der Waals surface area (Å²) in [7, 11) is 0. The maximum atomic E-state index is 9.48. The predicted molar refractivity (Wildman–Crippen MR) is 80.6 cm³/mol. The molecule has 1 aromatic carbocycles. The fourth-order valence-corrected chi connectivity index (χ4v) is 1.98. The van der Waals surface area contributed by atoms with E-state index < -0.39 is 0 Å². The number of nitrogens with two attached hydrogens (primary N) is 1. The molecule has 0 bridgehead atoms. The van der Waals surface area contributed by atoms with Crippen molar-refractivity contribution in [2.45, 2.75) is 32.6 Å². The molecule has 0 fully saturated rings. The van der Waals surface area contributed by atoms with E-state index in [-0.39, 0.29) is 23.4 Å². The maximum Gasteiger partial charge on any atom is 0.232 e. The van der Waals surface area contributed by atoms with Gasteiger partial charge in [0.05, 0.1) is 0 Å². The molecule has 1 heterocycles. The Labute approximate surface area is 122 Å². The highest BCUT2D eigenvalue weighted by Gasteiger charge is 2.12. The Bertz CT molecular complexity index is 633. The van der Waals surface area contributed by atoms with E-state index in [1.165, 1.54) is 12.1 Å². The lowest BCUT2D eigenvalue weighted by atomic mass is 10.1. The van der Waals surface area contributed by atoms with Crippen LogP contribution in [0.25, 0.3) is 0 Å². The zero-order chi connectivity index (χ0) is 15.4. The zero-order valence-electron chi connectivity index (χ0n) is 12.0. The number of benzene rings is 1. The zero-order valence-corrected chi connectivity index (χ0v) is 12.0. The van der Waals surface area contributed by atoms with Gasteiger partial charge in [0.15, 0.2) is 11.5 Å². The van der Waals surface area contributed by atoms with Gasteiger partial charge in [0.2, 0.25) is 11.9 Å². The van der Waals surface area contributed by atoms with Crippen LogP contribution in [0, 0.1) is 0 Å². The maximum absolute atomic E-state index is 9.48. The van der Waals surface area contributed by atoms with E-state index in [0.29, 0.717) is 17.5 Å². The molecule has 7 nitrogen and oxygen atoms in total. The second-order valence-electron chi connectivity index (χ2n) is 4.89. The summed E-state index contributed by atoms with van der Waals surface area (Å²) in [6.07, 6.45) is 1.99. The second kappa shape index (κ2) is 6.25. The van der Waals surface area contributed by atoms with Gasteiger partial charge in [-0.05, 0) is 18.6 Å². The number of anilines is 3. The van der Waals surface area contributed by atoms with E-state index in [9.17, 15) is 10.2 Å². The van der Waals surface area contributed by atoms with Crippen molar-refractivity contribution in [2.75, 3.05) is 11.1 Å². The molecule has 0 aliphatic carbocycles. The number of phenolic OH excluding ortho intramolecular Hbond substituents is 2. The van der Waals surface area contributed by atoms with E-state index in [1.54, 1.807) is 6.07 Å².